The molecule has 2 aromatic carbocycles. The summed E-state index contributed by atoms with van der Waals surface area (Å²) in [5.41, 5.74) is -2.27. The number of aryl methyl sites for hydroxylation is 1. The van der Waals surface area contributed by atoms with Crippen LogP contribution in [0.3, 0.4) is 0 Å². The van der Waals surface area contributed by atoms with Gasteiger partial charge in [0.15, 0.2) is 0 Å². The third-order valence-corrected chi connectivity index (χ3v) is 5.29. The summed E-state index contributed by atoms with van der Waals surface area (Å²) in [5, 5.41) is 0. The van der Waals surface area contributed by atoms with Crippen molar-refractivity contribution in [3.05, 3.63) is 97.8 Å². The predicted molar refractivity (Wildman–Crippen MR) is 114 cm³/mol. The van der Waals surface area contributed by atoms with Crippen LogP contribution in [0, 0.1) is 0 Å². The summed E-state index contributed by atoms with van der Waals surface area (Å²) in [6.07, 6.45) is -2.19. The van der Waals surface area contributed by atoms with Crippen LogP contribution in [0.25, 0.3) is 11.6 Å². The van der Waals surface area contributed by atoms with Crippen LogP contribution in [0.5, 0.6) is 0 Å². The predicted octanol–water partition coefficient (Wildman–Crippen LogP) is 2.83. The van der Waals surface area contributed by atoms with E-state index in [1.807, 2.05) is 0 Å². The Balaban J connectivity index is 1.95. The minimum atomic E-state index is -4.67. The summed E-state index contributed by atoms with van der Waals surface area (Å²) in [5.74, 6) is -1.69. The van der Waals surface area contributed by atoms with Gasteiger partial charge in [-0.2, -0.15) is 13.2 Å². The summed E-state index contributed by atoms with van der Waals surface area (Å²) in [6.45, 7) is 0. The molecule has 1 aromatic heterocycles. The maximum Gasteiger partial charge on any atom is 0.416 e. The number of carbonyl (C=O) groups is 2. The van der Waals surface area contributed by atoms with Crippen LogP contribution in [0.4, 0.5) is 18.9 Å². The van der Waals surface area contributed by atoms with Gasteiger partial charge in [0.25, 0.3) is 17.4 Å². The first-order valence-corrected chi connectivity index (χ1v) is 9.64. The number of aromatic nitrogens is 2. The Kier molecular flexibility index (Phi) is 5.15. The van der Waals surface area contributed by atoms with E-state index in [0.717, 1.165) is 21.3 Å². The van der Waals surface area contributed by atoms with E-state index in [4.69, 9.17) is 0 Å². The van der Waals surface area contributed by atoms with E-state index in [1.165, 1.54) is 44.6 Å². The van der Waals surface area contributed by atoms with Gasteiger partial charge in [0.05, 0.1) is 16.8 Å². The first kappa shape index (κ1) is 22.0. The fourth-order valence-electron chi connectivity index (χ4n) is 3.64. The molecule has 0 aliphatic carbocycles. The number of benzene rings is 2. The zero-order chi connectivity index (χ0) is 24.1. The van der Waals surface area contributed by atoms with Gasteiger partial charge in [-0.15, -0.1) is 0 Å². The number of rotatable bonds is 2. The number of anilines is 1. The number of alkyl halides is 3. The maximum atomic E-state index is 13.4. The van der Waals surface area contributed by atoms with E-state index < -0.39 is 34.8 Å². The van der Waals surface area contributed by atoms with Gasteiger partial charge in [-0.05, 0) is 35.9 Å². The van der Waals surface area contributed by atoms with Gasteiger partial charge in [0.2, 0.25) is 0 Å². The lowest BCUT2D eigenvalue weighted by molar-refractivity contribution is -0.137. The van der Waals surface area contributed by atoms with Crippen molar-refractivity contribution in [1.29, 1.82) is 0 Å². The molecule has 0 fully saturated rings. The van der Waals surface area contributed by atoms with E-state index in [-0.39, 0.29) is 28.0 Å². The van der Waals surface area contributed by atoms with Crippen molar-refractivity contribution in [2.24, 2.45) is 14.1 Å². The maximum absolute atomic E-state index is 13.4. The fourth-order valence-corrected chi connectivity index (χ4v) is 3.64. The average Bonchev–Trinajstić information content (AvgIpc) is 2.78. The van der Waals surface area contributed by atoms with Crippen LogP contribution < -0.4 is 16.1 Å². The molecule has 0 bridgehead atoms. The zero-order valence-corrected chi connectivity index (χ0v) is 17.4. The summed E-state index contributed by atoms with van der Waals surface area (Å²) >= 11 is 0. The van der Waals surface area contributed by atoms with Crippen molar-refractivity contribution in [3.8, 4) is 0 Å². The summed E-state index contributed by atoms with van der Waals surface area (Å²) in [6, 6.07) is 9.97. The Morgan fingerprint density at radius 2 is 1.52 bits per heavy atom. The molecule has 0 atom stereocenters. The molecular weight excluding hydrogens is 439 g/mol. The van der Waals surface area contributed by atoms with E-state index in [0.29, 0.717) is 11.0 Å². The highest BCUT2D eigenvalue weighted by Gasteiger charge is 2.37. The van der Waals surface area contributed by atoms with Gasteiger partial charge in [-0.1, -0.05) is 24.3 Å². The van der Waals surface area contributed by atoms with E-state index in [1.54, 1.807) is 12.1 Å². The van der Waals surface area contributed by atoms with Crippen molar-refractivity contribution in [1.82, 2.24) is 9.13 Å². The molecule has 0 N–H and O–H groups in total. The third kappa shape index (κ3) is 3.69. The summed E-state index contributed by atoms with van der Waals surface area (Å²) in [4.78, 5) is 51.7. The van der Waals surface area contributed by atoms with Gasteiger partial charge >= 0.3 is 11.9 Å². The van der Waals surface area contributed by atoms with E-state index in [2.05, 4.69) is 0 Å². The molecule has 0 saturated heterocycles. The summed E-state index contributed by atoms with van der Waals surface area (Å²) < 4.78 is 41.7. The largest absolute Gasteiger partial charge is 0.416 e. The minimum Gasteiger partial charge on any atom is -0.303 e. The lowest BCUT2D eigenvalue weighted by Crippen LogP contribution is -2.42. The van der Waals surface area contributed by atoms with Crippen LogP contribution in [-0.4, -0.2) is 20.9 Å². The molecule has 0 spiro atoms. The average molecular weight is 455 g/mol. The second kappa shape index (κ2) is 7.73. The molecular formula is C23H16F3N3O4. The normalized spacial score (nSPS) is 15.2. The first-order valence-electron chi connectivity index (χ1n) is 9.64. The molecule has 0 unspecified atom stereocenters. The molecule has 3 aromatic rings. The van der Waals surface area contributed by atoms with Crippen molar-refractivity contribution < 1.29 is 22.8 Å². The van der Waals surface area contributed by atoms with E-state index >= 15 is 0 Å². The van der Waals surface area contributed by atoms with Crippen LogP contribution in [-0.2, 0) is 25.1 Å². The first-order chi connectivity index (χ1) is 15.5. The van der Waals surface area contributed by atoms with Crippen molar-refractivity contribution in [2.75, 3.05) is 4.90 Å². The number of imide groups is 1. The van der Waals surface area contributed by atoms with Crippen molar-refractivity contribution in [3.63, 3.8) is 0 Å². The molecule has 1 aliphatic heterocycles. The Morgan fingerprint density at radius 1 is 0.848 bits per heavy atom. The molecule has 168 valence electrons. The molecule has 0 radical (unpaired) electrons. The monoisotopic (exact) mass is 455 g/mol. The van der Waals surface area contributed by atoms with Gasteiger partial charge in [-0.25, -0.2) is 9.69 Å². The standard InChI is InChI=1S/C23H16F3N3O4/c1-27-12-13(19(30)28(2)22(27)33)10-18-16-8-3-4-9-17(16)20(31)29(21(18)32)15-7-5-6-14(11-15)23(24,25)26/h3-12H,1-2H3/b18-10+. The Bertz CT molecular complexity index is 1460. The third-order valence-electron chi connectivity index (χ3n) is 5.29. The van der Waals surface area contributed by atoms with Crippen molar-refractivity contribution in [2.45, 2.75) is 6.18 Å². The number of hydrogen-bond acceptors (Lipinski definition) is 4. The zero-order valence-electron chi connectivity index (χ0n) is 17.4. The lowest BCUT2D eigenvalue weighted by Gasteiger charge is -2.29. The number of nitrogens with zero attached hydrogens (tertiary/aromatic N) is 3. The van der Waals surface area contributed by atoms with Gasteiger partial charge in [-0.3, -0.25) is 19.0 Å². The van der Waals surface area contributed by atoms with Gasteiger partial charge in [0, 0.05) is 31.4 Å². The smallest absolute Gasteiger partial charge is 0.303 e. The second-order valence-electron chi connectivity index (χ2n) is 7.44. The molecule has 1 aliphatic rings. The highest BCUT2D eigenvalue weighted by molar-refractivity contribution is 6.43. The fraction of sp³-hybridized carbons (Fsp3) is 0.130. The van der Waals surface area contributed by atoms with Crippen LogP contribution >= 0.6 is 0 Å². The summed E-state index contributed by atoms with van der Waals surface area (Å²) in [7, 11) is 2.71. The highest BCUT2D eigenvalue weighted by atomic mass is 19.4. The minimum absolute atomic E-state index is 0.00362. The molecule has 2 heterocycles. The second-order valence-corrected chi connectivity index (χ2v) is 7.44. The van der Waals surface area contributed by atoms with E-state index in [9.17, 15) is 32.3 Å². The molecule has 4 rings (SSSR count). The van der Waals surface area contributed by atoms with Gasteiger partial charge in [0.1, 0.15) is 0 Å². The Hall–Kier alpha value is -4.21. The number of fused-ring (bicyclic) bond motifs is 1. The number of amides is 2. The van der Waals surface area contributed by atoms with Crippen LogP contribution in [0.15, 0.2) is 64.3 Å². The van der Waals surface area contributed by atoms with Crippen molar-refractivity contribution >= 4 is 29.2 Å². The number of halogens is 3. The Labute approximate surface area is 184 Å². The molecule has 33 heavy (non-hydrogen) atoms. The molecule has 2 amide bonds. The molecule has 10 heteroatoms. The van der Waals surface area contributed by atoms with Gasteiger partial charge < -0.3 is 4.57 Å². The topological polar surface area (TPSA) is 81.4 Å². The Morgan fingerprint density at radius 3 is 2.18 bits per heavy atom. The van der Waals surface area contributed by atoms with Crippen LogP contribution in [0.2, 0.25) is 0 Å². The number of carbonyl (C=O) groups excluding carboxylic acids is 2. The highest BCUT2D eigenvalue weighted by Crippen LogP contribution is 2.36. The number of hydrogen-bond donors (Lipinski definition) is 0. The SMILES string of the molecule is Cn1cc(/C=C2/C(=O)N(c3cccc(C(F)(F)F)c3)C(=O)c3ccccc32)c(=O)n(C)c1=O. The molecule has 7 nitrogen and oxygen atoms in total. The quantitative estimate of drug-likeness (QED) is 0.440. The van der Waals surface area contributed by atoms with Crippen LogP contribution in [0.1, 0.15) is 27.0 Å². The molecule has 0 saturated carbocycles. The lowest BCUT2D eigenvalue weighted by atomic mass is 9.92.